The van der Waals surface area contributed by atoms with Gasteiger partial charge in [0.15, 0.2) is 0 Å². The number of nitrogens with zero attached hydrogens (tertiary/aromatic N) is 3. The van der Waals surface area contributed by atoms with Crippen LogP contribution in [-0.2, 0) is 62.4 Å². The van der Waals surface area contributed by atoms with E-state index in [9.17, 15) is 34.8 Å². The van der Waals surface area contributed by atoms with Crippen LogP contribution in [0.25, 0.3) is 0 Å². The van der Waals surface area contributed by atoms with E-state index in [1.165, 1.54) is 6.92 Å². The van der Waals surface area contributed by atoms with Crippen LogP contribution in [0.1, 0.15) is 50.3 Å². The Balaban J connectivity index is 1.37. The van der Waals surface area contributed by atoms with Crippen molar-refractivity contribution in [1.82, 2.24) is 25.6 Å². The van der Waals surface area contributed by atoms with Gasteiger partial charge in [0.05, 0.1) is 90.3 Å². The molecular weight excluding hydrogens is 760 g/mol. The second kappa shape index (κ2) is 25.8. The lowest BCUT2D eigenvalue weighted by Gasteiger charge is -2.46. The van der Waals surface area contributed by atoms with Gasteiger partial charge < -0.3 is 65.2 Å². The maximum Gasteiger partial charge on any atom is 0.364 e. The number of benzene rings is 1. The van der Waals surface area contributed by atoms with Crippen LogP contribution in [0.2, 0.25) is 5.02 Å². The van der Waals surface area contributed by atoms with Gasteiger partial charge in [0.25, 0.3) is 5.79 Å². The zero-order valence-corrected chi connectivity index (χ0v) is 32.5. The Morgan fingerprint density at radius 3 is 2.27 bits per heavy atom. The number of rotatable bonds is 29. The van der Waals surface area contributed by atoms with Gasteiger partial charge in [-0.25, -0.2) is 4.79 Å². The molecule has 19 nitrogen and oxygen atoms in total. The van der Waals surface area contributed by atoms with E-state index in [2.05, 4.69) is 20.9 Å². The zero-order valence-electron chi connectivity index (χ0n) is 31.8. The molecule has 2 aromatic rings. The van der Waals surface area contributed by atoms with E-state index in [1.807, 2.05) is 0 Å². The third-order valence-corrected chi connectivity index (χ3v) is 8.87. The van der Waals surface area contributed by atoms with Crippen LogP contribution in [0, 0.1) is 0 Å². The summed E-state index contributed by atoms with van der Waals surface area (Å²) in [5, 5.41) is 56.7. The second-order valence-corrected chi connectivity index (χ2v) is 13.7. The molecule has 0 saturated carbocycles. The van der Waals surface area contributed by atoms with Crippen LogP contribution in [0.15, 0.2) is 30.5 Å². The molecule has 1 aromatic carbocycles. The van der Waals surface area contributed by atoms with Crippen molar-refractivity contribution in [3.05, 3.63) is 46.7 Å². The Morgan fingerprint density at radius 1 is 0.982 bits per heavy atom. The van der Waals surface area contributed by atoms with E-state index in [-0.39, 0.29) is 13.0 Å². The van der Waals surface area contributed by atoms with Crippen LogP contribution < -0.4 is 16.4 Å². The van der Waals surface area contributed by atoms with E-state index in [1.54, 1.807) is 35.1 Å². The van der Waals surface area contributed by atoms with Crippen molar-refractivity contribution < 1.29 is 63.2 Å². The summed E-state index contributed by atoms with van der Waals surface area (Å²) in [7, 11) is 0. The Hall–Kier alpha value is -3.34. The SMILES string of the molecule is CC(=O)N[C@H]1[C@H]([C@H](O)[C@H](O)CNC(=O)Cc2ccc(Cl)cc2)O[C@@](OCCCCCCn2cc(COCCOCCOCCOCCN)nn2)(C(=O)O)C[C@@H]1O. The molecule has 0 bridgehead atoms. The van der Waals surface area contributed by atoms with Gasteiger partial charge >= 0.3 is 5.97 Å². The summed E-state index contributed by atoms with van der Waals surface area (Å²) in [4.78, 5) is 36.9. The zero-order chi connectivity index (χ0) is 40.8. The molecule has 0 radical (unpaired) electrons. The van der Waals surface area contributed by atoms with Crippen LogP contribution in [0.5, 0.6) is 0 Å². The van der Waals surface area contributed by atoms with Gasteiger partial charge in [0.2, 0.25) is 11.8 Å². The Kier molecular flexibility index (Phi) is 21.7. The number of amides is 2. The van der Waals surface area contributed by atoms with Gasteiger partial charge in [-0.05, 0) is 30.5 Å². The average Bonchev–Trinajstić information content (AvgIpc) is 3.62. The number of hydrogen-bond donors (Lipinski definition) is 7. The number of carbonyl (C=O) groups is 3. The van der Waals surface area contributed by atoms with Crippen LogP contribution in [0.3, 0.4) is 0 Å². The van der Waals surface area contributed by atoms with Crippen molar-refractivity contribution in [3.63, 3.8) is 0 Å². The van der Waals surface area contributed by atoms with E-state index in [0.717, 1.165) is 12.8 Å². The van der Waals surface area contributed by atoms with Gasteiger partial charge in [-0.2, -0.15) is 0 Å². The highest BCUT2D eigenvalue weighted by molar-refractivity contribution is 6.30. The number of aliphatic carboxylic acids is 1. The van der Waals surface area contributed by atoms with Gasteiger partial charge in [0, 0.05) is 38.0 Å². The first-order chi connectivity index (χ1) is 26.9. The molecule has 1 saturated heterocycles. The number of nitrogens with one attached hydrogen (secondary N) is 2. The number of carboxylic acids is 1. The third kappa shape index (κ3) is 17.0. The predicted molar refractivity (Wildman–Crippen MR) is 199 cm³/mol. The molecule has 316 valence electrons. The molecule has 1 aliphatic rings. The molecule has 1 aliphatic heterocycles. The Bertz CT molecular complexity index is 1440. The number of halogens is 1. The molecule has 0 aliphatic carbocycles. The summed E-state index contributed by atoms with van der Waals surface area (Å²) in [6.45, 7) is 5.31. The molecule has 56 heavy (non-hydrogen) atoms. The lowest BCUT2D eigenvalue weighted by molar-refractivity contribution is -0.310. The molecule has 2 amide bonds. The van der Waals surface area contributed by atoms with E-state index < -0.39 is 67.0 Å². The van der Waals surface area contributed by atoms with Crippen LogP contribution in [-0.4, -0.2) is 155 Å². The van der Waals surface area contributed by atoms with Crippen molar-refractivity contribution in [2.45, 2.75) is 94.8 Å². The number of aromatic nitrogens is 3. The quantitative estimate of drug-likeness (QED) is 0.0513. The number of hydrogen-bond acceptors (Lipinski definition) is 15. The largest absolute Gasteiger partial charge is 0.477 e. The fraction of sp³-hybridized carbons (Fsp3) is 0.694. The number of unbranched alkanes of at least 4 members (excludes halogenated alkanes) is 3. The highest BCUT2D eigenvalue weighted by atomic mass is 35.5. The Labute approximate surface area is 331 Å². The molecule has 20 heteroatoms. The predicted octanol–water partition coefficient (Wildman–Crippen LogP) is -0.450. The summed E-state index contributed by atoms with van der Waals surface area (Å²) < 4.78 is 34.9. The number of ether oxygens (including phenoxy) is 6. The normalized spacial score (nSPS) is 20.7. The van der Waals surface area contributed by atoms with Gasteiger partial charge in [0.1, 0.15) is 17.9 Å². The Morgan fingerprint density at radius 2 is 1.62 bits per heavy atom. The van der Waals surface area contributed by atoms with Gasteiger partial charge in [-0.15, -0.1) is 5.10 Å². The van der Waals surface area contributed by atoms with Gasteiger partial charge in [-0.3, -0.25) is 14.3 Å². The maximum atomic E-state index is 12.5. The van der Waals surface area contributed by atoms with Crippen molar-refractivity contribution in [3.8, 4) is 0 Å². The van der Waals surface area contributed by atoms with Crippen LogP contribution >= 0.6 is 11.6 Å². The van der Waals surface area contributed by atoms with Crippen LogP contribution in [0.4, 0.5) is 0 Å². The molecule has 8 N–H and O–H groups in total. The molecule has 0 unspecified atom stereocenters. The van der Waals surface area contributed by atoms with E-state index >= 15 is 0 Å². The number of aliphatic hydroxyl groups excluding tert-OH is 3. The number of carbonyl (C=O) groups excluding carboxylic acids is 2. The molecular formula is C36H57ClN6O13. The first-order valence-electron chi connectivity index (χ1n) is 18.7. The number of nitrogens with two attached hydrogens (primary N) is 1. The maximum absolute atomic E-state index is 12.5. The van der Waals surface area contributed by atoms with Crippen molar-refractivity contribution in [2.24, 2.45) is 5.73 Å². The smallest absolute Gasteiger partial charge is 0.364 e. The van der Waals surface area contributed by atoms with Crippen molar-refractivity contribution >= 4 is 29.4 Å². The van der Waals surface area contributed by atoms with Crippen molar-refractivity contribution in [2.75, 3.05) is 65.9 Å². The average molecular weight is 817 g/mol. The fourth-order valence-corrected chi connectivity index (χ4v) is 5.88. The molecule has 2 heterocycles. The minimum atomic E-state index is -2.38. The molecule has 1 aromatic heterocycles. The third-order valence-electron chi connectivity index (χ3n) is 8.62. The van der Waals surface area contributed by atoms with E-state index in [0.29, 0.717) is 95.1 Å². The molecule has 0 spiro atoms. The molecule has 1 fully saturated rings. The summed E-state index contributed by atoms with van der Waals surface area (Å²) in [6, 6.07) is 5.31. The second-order valence-electron chi connectivity index (χ2n) is 13.2. The number of aliphatic hydroxyl groups is 3. The summed E-state index contributed by atoms with van der Waals surface area (Å²) >= 11 is 5.88. The molecule has 6 atom stereocenters. The van der Waals surface area contributed by atoms with E-state index in [4.69, 9.17) is 45.8 Å². The van der Waals surface area contributed by atoms with Crippen molar-refractivity contribution in [1.29, 1.82) is 0 Å². The van der Waals surface area contributed by atoms with Gasteiger partial charge in [-0.1, -0.05) is 41.8 Å². The monoisotopic (exact) mass is 816 g/mol. The molecule has 3 rings (SSSR count). The topological polar surface area (TPSA) is 268 Å². The standard InChI is InChI=1S/C36H57ClN6O13/c1-25(44)40-32-29(45)21-36(35(49)50,56-34(32)33(48)30(46)22-39-31(47)20-26-6-8-27(37)9-7-26)55-12-5-3-2-4-11-43-23-28(41-42-43)24-54-19-18-53-17-16-52-15-14-51-13-10-38/h6-9,23,29-30,32-34,45-46,48H,2-5,10-22,24,38H2,1H3,(H,39,47)(H,40,44)(H,49,50)/t29-,30+,32+,33+,34+,36+/m0/s1. The number of aryl methyl sites for hydroxylation is 1. The lowest BCUT2D eigenvalue weighted by Crippen LogP contribution is -2.68. The minimum Gasteiger partial charge on any atom is -0.477 e. The summed E-state index contributed by atoms with van der Waals surface area (Å²) in [5.41, 5.74) is 6.70. The highest BCUT2D eigenvalue weighted by Crippen LogP contribution is 2.34. The highest BCUT2D eigenvalue weighted by Gasteiger charge is 2.55. The summed E-state index contributed by atoms with van der Waals surface area (Å²) in [6.07, 6.45) is -2.77. The first kappa shape index (κ1) is 47.0. The number of carboxylic acid groups (broad SMARTS) is 1. The lowest BCUT2D eigenvalue weighted by atomic mass is 9.88. The summed E-state index contributed by atoms with van der Waals surface area (Å²) in [5.74, 6) is -4.97. The first-order valence-corrected chi connectivity index (χ1v) is 19.1. The fourth-order valence-electron chi connectivity index (χ4n) is 5.76. The minimum absolute atomic E-state index is 0.0247.